The highest BCUT2D eigenvalue weighted by Crippen LogP contribution is 2.24. The van der Waals surface area contributed by atoms with Crippen LogP contribution in [0.15, 0.2) is 18.2 Å². The number of carbonyl (C=O) groups is 1. The Hall–Kier alpha value is -1.26. The molecule has 2 rings (SSSR count). The van der Waals surface area contributed by atoms with Crippen molar-refractivity contribution in [3.8, 4) is 5.75 Å². The molecule has 1 aliphatic carbocycles. The summed E-state index contributed by atoms with van der Waals surface area (Å²) in [6.07, 6.45) is 2.94. The van der Waals surface area contributed by atoms with Crippen LogP contribution in [0.1, 0.15) is 29.6 Å². The van der Waals surface area contributed by atoms with E-state index >= 15 is 0 Å². The Labute approximate surface area is 111 Å². The lowest BCUT2D eigenvalue weighted by atomic mass is 10.1. The average molecular weight is 269 g/mol. The Kier molecular flexibility index (Phi) is 4.09. The normalized spacial score (nSPS) is 22.8. The molecule has 3 N–H and O–H groups in total. The molecule has 1 amide bonds. The summed E-state index contributed by atoms with van der Waals surface area (Å²) in [7, 11) is 1.53. The van der Waals surface area contributed by atoms with E-state index < -0.39 is 0 Å². The van der Waals surface area contributed by atoms with Gasteiger partial charge in [0.25, 0.3) is 5.91 Å². The maximum absolute atomic E-state index is 12.2. The standard InChI is InChI=1S/C13H17ClN2O2/c1-18-12-6-5-8(14)7-9(12)13(17)16-11-4-2-3-10(11)15/h5-7,10-11H,2-4,15H2,1H3,(H,16,17). The maximum Gasteiger partial charge on any atom is 0.255 e. The number of halogens is 1. The van der Waals surface area contributed by atoms with Gasteiger partial charge in [0.2, 0.25) is 0 Å². The molecule has 1 saturated carbocycles. The second-order valence-corrected chi connectivity index (χ2v) is 4.96. The molecule has 98 valence electrons. The van der Waals surface area contributed by atoms with Gasteiger partial charge in [0, 0.05) is 17.1 Å². The molecule has 18 heavy (non-hydrogen) atoms. The monoisotopic (exact) mass is 268 g/mol. The second-order valence-electron chi connectivity index (χ2n) is 4.52. The predicted molar refractivity (Wildman–Crippen MR) is 71.1 cm³/mol. The SMILES string of the molecule is COc1ccc(Cl)cc1C(=O)NC1CCCC1N. The summed E-state index contributed by atoms with van der Waals surface area (Å²) in [4.78, 5) is 12.2. The van der Waals surface area contributed by atoms with Crippen molar-refractivity contribution in [1.29, 1.82) is 0 Å². The van der Waals surface area contributed by atoms with Crippen LogP contribution in [-0.2, 0) is 0 Å². The molecule has 5 heteroatoms. The van der Waals surface area contributed by atoms with Gasteiger partial charge in [-0.25, -0.2) is 0 Å². The van der Waals surface area contributed by atoms with Gasteiger partial charge in [-0.1, -0.05) is 11.6 Å². The Morgan fingerprint density at radius 1 is 1.50 bits per heavy atom. The highest BCUT2D eigenvalue weighted by molar-refractivity contribution is 6.31. The number of hydrogen-bond acceptors (Lipinski definition) is 3. The maximum atomic E-state index is 12.2. The van der Waals surface area contributed by atoms with E-state index in [1.165, 1.54) is 7.11 Å². The van der Waals surface area contributed by atoms with Crippen LogP contribution >= 0.6 is 11.6 Å². The zero-order chi connectivity index (χ0) is 13.1. The smallest absolute Gasteiger partial charge is 0.255 e. The summed E-state index contributed by atoms with van der Waals surface area (Å²) in [5, 5.41) is 3.46. The minimum atomic E-state index is -0.184. The van der Waals surface area contributed by atoms with Crippen LogP contribution in [0.2, 0.25) is 5.02 Å². The topological polar surface area (TPSA) is 64.3 Å². The number of ether oxygens (including phenoxy) is 1. The quantitative estimate of drug-likeness (QED) is 0.881. The number of benzene rings is 1. The fourth-order valence-electron chi connectivity index (χ4n) is 2.27. The minimum Gasteiger partial charge on any atom is -0.496 e. The fraction of sp³-hybridized carbons (Fsp3) is 0.462. The van der Waals surface area contributed by atoms with Crippen LogP contribution in [-0.4, -0.2) is 25.1 Å². The lowest BCUT2D eigenvalue weighted by molar-refractivity contribution is 0.0931. The molecule has 0 spiro atoms. The summed E-state index contributed by atoms with van der Waals surface area (Å²) >= 11 is 5.90. The van der Waals surface area contributed by atoms with Gasteiger partial charge < -0.3 is 15.8 Å². The van der Waals surface area contributed by atoms with Gasteiger partial charge >= 0.3 is 0 Å². The van der Waals surface area contributed by atoms with E-state index in [0.29, 0.717) is 16.3 Å². The van der Waals surface area contributed by atoms with E-state index in [1.54, 1.807) is 18.2 Å². The predicted octanol–water partition coefficient (Wildman–Crippen LogP) is 1.96. The zero-order valence-corrected chi connectivity index (χ0v) is 11.0. The van der Waals surface area contributed by atoms with Crippen molar-refractivity contribution in [2.75, 3.05) is 7.11 Å². The molecule has 4 nitrogen and oxygen atoms in total. The van der Waals surface area contributed by atoms with Gasteiger partial charge in [-0.15, -0.1) is 0 Å². The van der Waals surface area contributed by atoms with Gasteiger partial charge in [-0.05, 0) is 37.5 Å². The molecule has 1 aromatic rings. The van der Waals surface area contributed by atoms with Crippen molar-refractivity contribution >= 4 is 17.5 Å². The van der Waals surface area contributed by atoms with Crippen LogP contribution in [0, 0.1) is 0 Å². The molecular weight excluding hydrogens is 252 g/mol. The molecule has 0 radical (unpaired) electrons. The number of nitrogens with two attached hydrogens (primary N) is 1. The lowest BCUT2D eigenvalue weighted by Crippen LogP contribution is -2.44. The molecule has 0 bridgehead atoms. The van der Waals surface area contributed by atoms with Gasteiger partial charge in [-0.2, -0.15) is 0 Å². The lowest BCUT2D eigenvalue weighted by Gasteiger charge is -2.18. The first-order valence-corrected chi connectivity index (χ1v) is 6.39. The van der Waals surface area contributed by atoms with Crippen molar-refractivity contribution in [3.05, 3.63) is 28.8 Å². The number of nitrogens with one attached hydrogen (secondary N) is 1. The summed E-state index contributed by atoms with van der Waals surface area (Å²) in [6, 6.07) is 5.07. The Balaban J connectivity index is 2.15. The van der Waals surface area contributed by atoms with Crippen molar-refractivity contribution < 1.29 is 9.53 Å². The zero-order valence-electron chi connectivity index (χ0n) is 10.3. The van der Waals surface area contributed by atoms with E-state index in [9.17, 15) is 4.79 Å². The highest BCUT2D eigenvalue weighted by Gasteiger charge is 2.26. The van der Waals surface area contributed by atoms with E-state index in [1.807, 2.05) is 0 Å². The van der Waals surface area contributed by atoms with E-state index in [2.05, 4.69) is 5.32 Å². The minimum absolute atomic E-state index is 0.0409. The third kappa shape index (κ3) is 2.76. The first kappa shape index (κ1) is 13.2. The number of methoxy groups -OCH3 is 1. The van der Waals surface area contributed by atoms with Crippen molar-refractivity contribution in [2.24, 2.45) is 5.73 Å². The fourth-order valence-corrected chi connectivity index (χ4v) is 2.44. The number of rotatable bonds is 3. The van der Waals surface area contributed by atoms with E-state index in [0.717, 1.165) is 19.3 Å². The van der Waals surface area contributed by atoms with Crippen LogP contribution in [0.3, 0.4) is 0 Å². The molecule has 2 atom stereocenters. The Morgan fingerprint density at radius 3 is 2.89 bits per heavy atom. The van der Waals surface area contributed by atoms with E-state index in [-0.39, 0.29) is 18.0 Å². The molecule has 2 unspecified atom stereocenters. The molecule has 1 aromatic carbocycles. The number of hydrogen-bond donors (Lipinski definition) is 2. The van der Waals surface area contributed by atoms with Gasteiger partial charge in [0.05, 0.1) is 12.7 Å². The van der Waals surface area contributed by atoms with Crippen LogP contribution in [0.25, 0.3) is 0 Å². The van der Waals surface area contributed by atoms with Crippen molar-refractivity contribution in [2.45, 2.75) is 31.3 Å². The highest BCUT2D eigenvalue weighted by atomic mass is 35.5. The van der Waals surface area contributed by atoms with Crippen LogP contribution in [0.4, 0.5) is 0 Å². The van der Waals surface area contributed by atoms with Crippen molar-refractivity contribution in [3.63, 3.8) is 0 Å². The van der Waals surface area contributed by atoms with Crippen molar-refractivity contribution in [1.82, 2.24) is 5.32 Å². The summed E-state index contributed by atoms with van der Waals surface area (Å²) in [5.41, 5.74) is 6.38. The molecule has 1 aliphatic rings. The summed E-state index contributed by atoms with van der Waals surface area (Å²) in [6.45, 7) is 0. The molecular formula is C13H17ClN2O2. The van der Waals surface area contributed by atoms with Crippen LogP contribution < -0.4 is 15.8 Å². The molecule has 0 aromatic heterocycles. The summed E-state index contributed by atoms with van der Waals surface area (Å²) < 4.78 is 5.16. The number of carbonyl (C=O) groups excluding carboxylic acids is 1. The number of amides is 1. The molecule has 0 heterocycles. The molecule has 0 aliphatic heterocycles. The second kappa shape index (κ2) is 5.59. The third-order valence-corrected chi connectivity index (χ3v) is 3.53. The largest absolute Gasteiger partial charge is 0.496 e. The third-order valence-electron chi connectivity index (χ3n) is 3.29. The molecule has 1 fully saturated rings. The Morgan fingerprint density at radius 2 is 2.28 bits per heavy atom. The molecule has 0 saturated heterocycles. The Bertz CT molecular complexity index is 451. The first-order chi connectivity index (χ1) is 8.61. The van der Waals surface area contributed by atoms with Gasteiger partial charge in [0.15, 0.2) is 0 Å². The first-order valence-electron chi connectivity index (χ1n) is 6.02. The van der Waals surface area contributed by atoms with Gasteiger partial charge in [0.1, 0.15) is 5.75 Å². The average Bonchev–Trinajstić information content (AvgIpc) is 2.75. The summed E-state index contributed by atoms with van der Waals surface area (Å²) in [5.74, 6) is 0.333. The van der Waals surface area contributed by atoms with Gasteiger partial charge in [-0.3, -0.25) is 4.79 Å². The van der Waals surface area contributed by atoms with Crippen LogP contribution in [0.5, 0.6) is 5.75 Å². The van der Waals surface area contributed by atoms with E-state index in [4.69, 9.17) is 22.1 Å².